The molecule has 5 N–H and O–H groups in total. The summed E-state index contributed by atoms with van der Waals surface area (Å²) in [5, 5.41) is 8.72. The molecule has 0 aliphatic rings. The van der Waals surface area contributed by atoms with E-state index in [9.17, 15) is 9.59 Å². The van der Waals surface area contributed by atoms with Crippen LogP contribution in [-0.4, -0.2) is 27.8 Å². The second kappa shape index (κ2) is 8.48. The average Bonchev–Trinajstić information content (AvgIpc) is 2.59. The van der Waals surface area contributed by atoms with Gasteiger partial charge >= 0.3 is 0 Å². The molecule has 2 amide bonds. The molecule has 2 rings (SSSR count). The minimum absolute atomic E-state index is 0.149. The number of terminal acetylenes is 1. The van der Waals surface area contributed by atoms with Gasteiger partial charge in [0.25, 0.3) is 5.91 Å². The average molecular weight is 352 g/mol. The molecule has 0 aliphatic heterocycles. The molecule has 1 aromatic carbocycles. The van der Waals surface area contributed by atoms with Crippen LogP contribution in [0.2, 0.25) is 0 Å². The molecular weight excluding hydrogens is 332 g/mol. The largest absolute Gasteiger partial charge is 0.365 e. The summed E-state index contributed by atoms with van der Waals surface area (Å²) in [5.41, 5.74) is 6.82. The van der Waals surface area contributed by atoms with Gasteiger partial charge < -0.3 is 21.7 Å². The molecule has 0 radical (unpaired) electrons. The molecule has 0 unspecified atom stereocenters. The van der Waals surface area contributed by atoms with E-state index in [1.807, 2.05) is 6.92 Å². The number of carbonyl (C=O) groups is 2. The normalized spacial score (nSPS) is 11.1. The van der Waals surface area contributed by atoms with Gasteiger partial charge in [0.05, 0.1) is 11.6 Å². The van der Waals surface area contributed by atoms with Crippen molar-refractivity contribution < 1.29 is 9.59 Å². The minimum atomic E-state index is -0.654. The SMILES string of the molecule is C#C[C@H](CC)Nc1nc(Nc2cccc(NC(C)=O)c2)ncc1C(N)=O. The number of hydrogen-bond acceptors (Lipinski definition) is 6. The van der Waals surface area contributed by atoms with Crippen LogP contribution in [0.4, 0.5) is 23.1 Å². The summed E-state index contributed by atoms with van der Waals surface area (Å²) in [6.07, 6.45) is 7.44. The molecule has 0 aliphatic carbocycles. The van der Waals surface area contributed by atoms with Crippen LogP contribution in [0.5, 0.6) is 0 Å². The lowest BCUT2D eigenvalue weighted by Crippen LogP contribution is -2.22. The molecule has 2 aromatic rings. The van der Waals surface area contributed by atoms with E-state index in [4.69, 9.17) is 12.2 Å². The second-order valence-corrected chi connectivity index (χ2v) is 5.48. The summed E-state index contributed by atoms with van der Waals surface area (Å²) < 4.78 is 0. The quantitative estimate of drug-likeness (QED) is 0.566. The van der Waals surface area contributed by atoms with E-state index in [-0.39, 0.29) is 29.3 Å². The number of primary amides is 1. The summed E-state index contributed by atoms with van der Waals surface area (Å²) in [6, 6.07) is 6.76. The Morgan fingerprint density at radius 3 is 2.69 bits per heavy atom. The van der Waals surface area contributed by atoms with Gasteiger partial charge in [-0.1, -0.05) is 18.9 Å². The predicted octanol–water partition coefficient (Wildman–Crippen LogP) is 2.10. The Hall–Kier alpha value is -3.60. The van der Waals surface area contributed by atoms with Crippen molar-refractivity contribution in [2.45, 2.75) is 26.3 Å². The number of nitrogens with two attached hydrogens (primary N) is 1. The Morgan fingerprint density at radius 1 is 1.35 bits per heavy atom. The van der Waals surface area contributed by atoms with Crippen molar-refractivity contribution in [3.05, 3.63) is 36.0 Å². The number of aromatic nitrogens is 2. The molecule has 134 valence electrons. The standard InChI is InChI=1S/C18H20N6O2/c1-4-12(5-2)22-17-15(16(19)26)10-20-18(24-17)23-14-8-6-7-13(9-14)21-11(3)25/h1,6-10,12H,5H2,2-3H3,(H2,19,26)(H,21,25)(H2,20,22,23,24)/t12-/m1/s1. The lowest BCUT2D eigenvalue weighted by molar-refractivity contribution is -0.114. The highest BCUT2D eigenvalue weighted by molar-refractivity contribution is 5.97. The van der Waals surface area contributed by atoms with Crippen LogP contribution >= 0.6 is 0 Å². The van der Waals surface area contributed by atoms with Crippen molar-refractivity contribution in [2.75, 3.05) is 16.0 Å². The fourth-order valence-corrected chi connectivity index (χ4v) is 2.17. The third-order valence-electron chi connectivity index (χ3n) is 3.41. The molecule has 0 bridgehead atoms. The van der Waals surface area contributed by atoms with Gasteiger partial charge in [-0.2, -0.15) is 4.98 Å². The number of amides is 2. The molecule has 0 spiro atoms. The van der Waals surface area contributed by atoms with E-state index in [1.54, 1.807) is 24.3 Å². The van der Waals surface area contributed by atoms with E-state index in [0.717, 1.165) is 0 Å². The van der Waals surface area contributed by atoms with Crippen molar-refractivity contribution in [1.82, 2.24) is 9.97 Å². The molecular formula is C18H20N6O2. The Kier molecular flexibility index (Phi) is 6.11. The number of nitrogens with one attached hydrogen (secondary N) is 3. The van der Waals surface area contributed by atoms with Gasteiger partial charge in [0.1, 0.15) is 5.82 Å². The molecule has 0 saturated heterocycles. The molecule has 1 atom stereocenters. The summed E-state index contributed by atoms with van der Waals surface area (Å²) in [5.74, 6) is 2.27. The zero-order valence-electron chi connectivity index (χ0n) is 14.5. The zero-order chi connectivity index (χ0) is 19.1. The monoisotopic (exact) mass is 352 g/mol. The number of nitrogens with zero attached hydrogens (tertiary/aromatic N) is 2. The molecule has 1 heterocycles. The molecule has 1 aromatic heterocycles. The lowest BCUT2D eigenvalue weighted by Gasteiger charge is -2.15. The van der Waals surface area contributed by atoms with Crippen LogP contribution in [0.25, 0.3) is 0 Å². The van der Waals surface area contributed by atoms with Crippen LogP contribution < -0.4 is 21.7 Å². The Bertz CT molecular complexity index is 859. The molecule has 8 heteroatoms. The van der Waals surface area contributed by atoms with Crippen LogP contribution in [0.15, 0.2) is 30.5 Å². The Labute approximate surface area is 151 Å². The van der Waals surface area contributed by atoms with Gasteiger partial charge in [0, 0.05) is 24.5 Å². The lowest BCUT2D eigenvalue weighted by atomic mass is 10.2. The first-order chi connectivity index (χ1) is 12.4. The van der Waals surface area contributed by atoms with Gasteiger partial charge in [-0.15, -0.1) is 6.42 Å². The van der Waals surface area contributed by atoms with E-state index < -0.39 is 5.91 Å². The number of hydrogen-bond donors (Lipinski definition) is 4. The van der Waals surface area contributed by atoms with E-state index in [2.05, 4.69) is 31.8 Å². The first kappa shape index (κ1) is 18.7. The fraction of sp³-hybridized carbons (Fsp3) is 0.222. The molecule has 0 fully saturated rings. The van der Waals surface area contributed by atoms with Crippen molar-refractivity contribution >= 4 is 35.0 Å². The summed E-state index contributed by atoms with van der Waals surface area (Å²) in [6.45, 7) is 3.34. The third-order valence-corrected chi connectivity index (χ3v) is 3.41. The summed E-state index contributed by atoms with van der Waals surface area (Å²) >= 11 is 0. The highest BCUT2D eigenvalue weighted by atomic mass is 16.1. The molecule has 8 nitrogen and oxygen atoms in total. The van der Waals surface area contributed by atoms with Crippen LogP contribution in [0.1, 0.15) is 30.6 Å². The Morgan fingerprint density at radius 2 is 2.08 bits per heavy atom. The van der Waals surface area contributed by atoms with Crippen molar-refractivity contribution in [2.24, 2.45) is 5.73 Å². The number of anilines is 4. The molecule has 26 heavy (non-hydrogen) atoms. The zero-order valence-corrected chi connectivity index (χ0v) is 14.5. The van der Waals surface area contributed by atoms with Crippen molar-refractivity contribution in [3.8, 4) is 12.3 Å². The minimum Gasteiger partial charge on any atom is -0.365 e. The van der Waals surface area contributed by atoms with E-state index >= 15 is 0 Å². The van der Waals surface area contributed by atoms with Crippen molar-refractivity contribution in [3.63, 3.8) is 0 Å². The number of rotatable bonds is 7. The first-order valence-corrected chi connectivity index (χ1v) is 7.97. The predicted molar refractivity (Wildman–Crippen MR) is 101 cm³/mol. The van der Waals surface area contributed by atoms with Crippen LogP contribution in [-0.2, 0) is 4.79 Å². The van der Waals surface area contributed by atoms with Crippen LogP contribution in [0, 0.1) is 12.3 Å². The van der Waals surface area contributed by atoms with E-state index in [0.29, 0.717) is 17.8 Å². The maximum absolute atomic E-state index is 11.6. The highest BCUT2D eigenvalue weighted by Crippen LogP contribution is 2.21. The maximum Gasteiger partial charge on any atom is 0.254 e. The topological polar surface area (TPSA) is 122 Å². The summed E-state index contributed by atoms with van der Waals surface area (Å²) in [7, 11) is 0. The smallest absolute Gasteiger partial charge is 0.254 e. The van der Waals surface area contributed by atoms with Gasteiger partial charge in [-0.05, 0) is 24.6 Å². The second-order valence-electron chi connectivity index (χ2n) is 5.48. The third kappa shape index (κ3) is 4.95. The van der Waals surface area contributed by atoms with E-state index in [1.165, 1.54) is 13.1 Å². The van der Waals surface area contributed by atoms with Crippen molar-refractivity contribution in [1.29, 1.82) is 0 Å². The number of carbonyl (C=O) groups excluding carboxylic acids is 2. The van der Waals surface area contributed by atoms with Gasteiger partial charge in [-0.3, -0.25) is 9.59 Å². The van der Waals surface area contributed by atoms with Gasteiger partial charge in [0.15, 0.2) is 0 Å². The number of benzene rings is 1. The first-order valence-electron chi connectivity index (χ1n) is 7.97. The highest BCUT2D eigenvalue weighted by Gasteiger charge is 2.14. The Balaban J connectivity index is 2.29. The van der Waals surface area contributed by atoms with Crippen LogP contribution in [0.3, 0.4) is 0 Å². The van der Waals surface area contributed by atoms with Gasteiger partial charge in [0.2, 0.25) is 11.9 Å². The fourth-order valence-electron chi connectivity index (χ4n) is 2.17. The van der Waals surface area contributed by atoms with Gasteiger partial charge in [-0.25, -0.2) is 4.98 Å². The summed E-state index contributed by atoms with van der Waals surface area (Å²) in [4.78, 5) is 31.2. The molecule has 0 saturated carbocycles. The maximum atomic E-state index is 11.6.